The summed E-state index contributed by atoms with van der Waals surface area (Å²) >= 11 is 0. The van der Waals surface area contributed by atoms with E-state index < -0.39 is 0 Å². The van der Waals surface area contributed by atoms with E-state index in [1.807, 2.05) is 24.3 Å². The van der Waals surface area contributed by atoms with Gasteiger partial charge in [-0.15, -0.1) is 0 Å². The zero-order chi connectivity index (χ0) is 44.7. The van der Waals surface area contributed by atoms with E-state index in [2.05, 4.69) is 247 Å². The molecule has 0 atom stereocenters. The summed E-state index contributed by atoms with van der Waals surface area (Å²) in [4.78, 5) is 0. The maximum Gasteiger partial charge on any atom is -0.00237 e. The summed E-state index contributed by atoms with van der Waals surface area (Å²) in [6.45, 7) is 10.7. The average Bonchev–Trinajstić information content (AvgIpc) is 3.68. The molecule has 0 bridgehead atoms. The third kappa shape index (κ3) is 9.17. The number of hydrogen-bond acceptors (Lipinski definition) is 0. The van der Waals surface area contributed by atoms with Gasteiger partial charge in [-0.05, 0) is 139 Å². The summed E-state index contributed by atoms with van der Waals surface area (Å²) < 4.78 is 0. The number of benzene rings is 12. The summed E-state index contributed by atoms with van der Waals surface area (Å²) in [5.41, 5.74) is 14.8. The minimum atomic E-state index is 1.28. The number of rotatable bonds is 1. The molecule has 0 unspecified atom stereocenters. The lowest BCUT2D eigenvalue weighted by Gasteiger charge is -2.11. The van der Waals surface area contributed by atoms with Crippen molar-refractivity contribution in [2.45, 2.75) is 34.6 Å². The van der Waals surface area contributed by atoms with Crippen molar-refractivity contribution in [3.63, 3.8) is 0 Å². The van der Waals surface area contributed by atoms with Crippen LogP contribution in [0.5, 0.6) is 0 Å². The largest absolute Gasteiger partial charge is 0.0622 e. The predicted octanol–water partition coefficient (Wildman–Crippen LogP) is 18.5. The predicted molar refractivity (Wildman–Crippen MR) is 284 cm³/mol. The van der Waals surface area contributed by atoms with Crippen LogP contribution in [0.1, 0.15) is 27.8 Å². The molecular formula is C65H54. The fourth-order valence-corrected chi connectivity index (χ4v) is 9.13. The van der Waals surface area contributed by atoms with Crippen LogP contribution in [0.15, 0.2) is 237 Å². The monoisotopic (exact) mass is 834 g/mol. The van der Waals surface area contributed by atoms with Gasteiger partial charge in [0.15, 0.2) is 0 Å². The van der Waals surface area contributed by atoms with Gasteiger partial charge in [0.2, 0.25) is 0 Å². The molecule has 0 fully saturated rings. The smallest absolute Gasteiger partial charge is 0.00237 e. The fourth-order valence-electron chi connectivity index (χ4n) is 9.13. The van der Waals surface area contributed by atoms with Crippen LogP contribution in [0.3, 0.4) is 0 Å². The quantitative estimate of drug-likeness (QED) is 0.145. The molecule has 0 saturated carbocycles. The van der Waals surface area contributed by atoms with Crippen molar-refractivity contribution in [2.75, 3.05) is 0 Å². The Morgan fingerprint density at radius 3 is 1.28 bits per heavy atom. The average molecular weight is 835 g/mol. The highest BCUT2D eigenvalue weighted by molar-refractivity contribution is 6.23. The molecule has 0 amide bonds. The molecule has 13 rings (SSSR count). The Morgan fingerprint density at radius 1 is 0.200 bits per heavy atom. The maximum absolute atomic E-state index is 2.26. The van der Waals surface area contributed by atoms with Crippen molar-refractivity contribution in [1.29, 1.82) is 0 Å². The lowest BCUT2D eigenvalue weighted by molar-refractivity contribution is 1.47. The Morgan fingerprint density at radius 2 is 0.615 bits per heavy atom. The number of hydrogen-bond donors (Lipinski definition) is 0. The van der Waals surface area contributed by atoms with E-state index in [1.54, 1.807) is 0 Å². The molecule has 0 aromatic heterocycles. The van der Waals surface area contributed by atoms with E-state index in [0.717, 1.165) is 0 Å². The summed E-state index contributed by atoms with van der Waals surface area (Å²) in [5.74, 6) is 0. The topological polar surface area (TPSA) is 0 Å². The maximum atomic E-state index is 2.26. The molecule has 1 aliphatic rings. The van der Waals surface area contributed by atoms with E-state index in [9.17, 15) is 0 Å². The normalized spacial score (nSPS) is 10.8. The van der Waals surface area contributed by atoms with Gasteiger partial charge >= 0.3 is 0 Å². The molecule has 0 nitrogen and oxygen atoms in total. The van der Waals surface area contributed by atoms with Crippen LogP contribution in [-0.4, -0.2) is 0 Å². The van der Waals surface area contributed by atoms with E-state index in [-0.39, 0.29) is 0 Å². The summed E-state index contributed by atoms with van der Waals surface area (Å²) in [6, 6.07) is 83.8. The molecule has 65 heavy (non-hydrogen) atoms. The van der Waals surface area contributed by atoms with Crippen LogP contribution in [0.25, 0.3) is 87.2 Å². The highest BCUT2D eigenvalue weighted by Crippen LogP contribution is 2.47. The number of aryl methyl sites for hydroxylation is 5. The van der Waals surface area contributed by atoms with Crippen LogP contribution in [0.4, 0.5) is 0 Å². The molecule has 314 valence electrons. The van der Waals surface area contributed by atoms with E-state index >= 15 is 0 Å². The Kier molecular flexibility index (Phi) is 12.6. The standard InChI is InChI=1S/2C17H12.C13H12.C11H10.C7H8/c1-11-9-10-16-14-6-3-2-5-13(14)15-8-4-7-12(11)17(15)16;1-11-5-6-14-8-7-12-3-2-4-13-9-10-15(11)17(14)16(12)13;1-11-7-9-13(10-8-11)12-5-3-2-4-6-12;1-9-5-4-7-10-6-2-3-8-11(9)10;1-7-5-3-2-4-6-7/h2*2-10H,1H3;2-10H,1H3;2-8H,1H3;2-6H,1H3. The highest BCUT2D eigenvalue weighted by atomic mass is 14.2. The van der Waals surface area contributed by atoms with Crippen LogP contribution < -0.4 is 0 Å². The minimum absolute atomic E-state index is 1.28. The molecule has 0 radical (unpaired) electrons. The highest BCUT2D eigenvalue weighted by Gasteiger charge is 2.20. The molecule has 0 heteroatoms. The van der Waals surface area contributed by atoms with Gasteiger partial charge in [-0.25, -0.2) is 0 Å². The number of fused-ring (bicyclic) bond motifs is 4. The molecule has 0 N–H and O–H groups in total. The first-order valence-corrected chi connectivity index (χ1v) is 22.7. The third-order valence-electron chi connectivity index (χ3n) is 12.6. The van der Waals surface area contributed by atoms with Crippen molar-refractivity contribution < 1.29 is 0 Å². The molecule has 0 saturated heterocycles. The van der Waals surface area contributed by atoms with Gasteiger partial charge in [0.1, 0.15) is 0 Å². The second-order valence-electron chi connectivity index (χ2n) is 17.1. The zero-order valence-electron chi connectivity index (χ0n) is 38.0. The summed E-state index contributed by atoms with van der Waals surface area (Å²) in [7, 11) is 0. The Labute approximate surface area is 384 Å². The fraction of sp³-hybridized carbons (Fsp3) is 0.0769. The first kappa shape index (κ1) is 42.5. The van der Waals surface area contributed by atoms with Gasteiger partial charge in [-0.1, -0.05) is 248 Å². The summed E-state index contributed by atoms with van der Waals surface area (Å²) in [6.07, 6.45) is 0. The van der Waals surface area contributed by atoms with Gasteiger partial charge in [0.25, 0.3) is 0 Å². The van der Waals surface area contributed by atoms with Crippen LogP contribution in [-0.2, 0) is 0 Å². The molecule has 12 aromatic carbocycles. The van der Waals surface area contributed by atoms with Crippen LogP contribution >= 0.6 is 0 Å². The van der Waals surface area contributed by atoms with E-state index in [0.29, 0.717) is 0 Å². The van der Waals surface area contributed by atoms with Crippen LogP contribution in [0, 0.1) is 34.6 Å². The second-order valence-corrected chi connectivity index (χ2v) is 17.1. The van der Waals surface area contributed by atoms with E-state index in [1.165, 1.54) is 115 Å². The lowest BCUT2D eigenvalue weighted by atomic mass is 9.92. The van der Waals surface area contributed by atoms with Gasteiger partial charge in [0.05, 0.1) is 0 Å². The minimum Gasteiger partial charge on any atom is -0.0622 e. The van der Waals surface area contributed by atoms with Crippen molar-refractivity contribution in [3.8, 4) is 33.4 Å². The molecule has 12 aromatic rings. The Bertz CT molecular complexity index is 3450. The zero-order valence-corrected chi connectivity index (χ0v) is 38.0. The summed E-state index contributed by atoms with van der Waals surface area (Å²) in [5, 5.41) is 13.7. The molecule has 0 aliphatic heterocycles. The Hall–Kier alpha value is -7.80. The van der Waals surface area contributed by atoms with Crippen molar-refractivity contribution in [3.05, 3.63) is 264 Å². The third-order valence-corrected chi connectivity index (χ3v) is 12.6. The van der Waals surface area contributed by atoms with E-state index in [4.69, 9.17) is 0 Å². The van der Waals surface area contributed by atoms with Crippen molar-refractivity contribution >= 4 is 53.9 Å². The van der Waals surface area contributed by atoms with Crippen molar-refractivity contribution in [2.24, 2.45) is 0 Å². The first-order chi connectivity index (χ1) is 31.8. The Balaban J connectivity index is 0.000000106. The van der Waals surface area contributed by atoms with Crippen LogP contribution in [0.2, 0.25) is 0 Å². The van der Waals surface area contributed by atoms with Crippen molar-refractivity contribution in [1.82, 2.24) is 0 Å². The van der Waals surface area contributed by atoms with Gasteiger partial charge in [-0.3, -0.25) is 0 Å². The SMILES string of the molecule is Cc1ccc(-c2ccccc2)cc1.Cc1ccc2c3c(cccc13)-c1ccccc1-2.Cc1ccc2ccc3cccc4ccc1c2c34.Cc1cccc2ccccc12.Cc1ccccc1. The molecule has 0 heterocycles. The van der Waals surface area contributed by atoms with Gasteiger partial charge in [-0.2, -0.15) is 0 Å². The molecular weight excluding hydrogens is 781 g/mol. The second kappa shape index (κ2) is 19.3. The molecule has 1 aliphatic carbocycles. The van der Waals surface area contributed by atoms with Gasteiger partial charge in [0, 0.05) is 0 Å². The van der Waals surface area contributed by atoms with Gasteiger partial charge < -0.3 is 0 Å². The molecule has 0 spiro atoms. The first-order valence-electron chi connectivity index (χ1n) is 22.7. The lowest BCUT2D eigenvalue weighted by Crippen LogP contribution is -1.85.